The van der Waals surface area contributed by atoms with Gasteiger partial charge in [-0.3, -0.25) is 0 Å². The van der Waals surface area contributed by atoms with Gasteiger partial charge in [0.15, 0.2) is 11.6 Å². The van der Waals surface area contributed by atoms with Crippen LogP contribution in [0.3, 0.4) is 0 Å². The van der Waals surface area contributed by atoms with Crippen molar-refractivity contribution in [1.29, 1.82) is 0 Å². The molecule has 0 radical (unpaired) electrons. The van der Waals surface area contributed by atoms with Gasteiger partial charge in [0.25, 0.3) is 0 Å². The summed E-state index contributed by atoms with van der Waals surface area (Å²) in [6.07, 6.45) is 9.39. The summed E-state index contributed by atoms with van der Waals surface area (Å²) in [5.74, 6) is -0.519. The van der Waals surface area contributed by atoms with Crippen molar-refractivity contribution in [1.82, 2.24) is 0 Å². The highest BCUT2D eigenvalue weighted by molar-refractivity contribution is 5.29. The predicted molar refractivity (Wildman–Crippen MR) is 106 cm³/mol. The van der Waals surface area contributed by atoms with Crippen molar-refractivity contribution in [3.63, 3.8) is 0 Å². The molecule has 3 heteroatoms. The zero-order valence-electron chi connectivity index (χ0n) is 15.9. The molecule has 0 aliphatic heterocycles. The molecular formula is C24H28F2O. The lowest BCUT2D eigenvalue weighted by molar-refractivity contribution is 0.282. The first-order valence-corrected chi connectivity index (χ1v) is 9.96. The van der Waals surface area contributed by atoms with Gasteiger partial charge in [-0.25, -0.2) is 8.78 Å². The Bertz CT molecular complexity index is 780. The fourth-order valence-electron chi connectivity index (χ4n) is 3.89. The van der Waals surface area contributed by atoms with Gasteiger partial charge in [-0.15, -0.1) is 0 Å². The van der Waals surface area contributed by atoms with Gasteiger partial charge in [0, 0.05) is 5.92 Å². The molecule has 2 aromatic rings. The highest BCUT2D eigenvalue weighted by Crippen LogP contribution is 2.32. The van der Waals surface area contributed by atoms with Gasteiger partial charge in [-0.1, -0.05) is 61.9 Å². The maximum atomic E-state index is 14.3. The van der Waals surface area contributed by atoms with E-state index in [2.05, 4.69) is 24.3 Å². The van der Waals surface area contributed by atoms with Crippen LogP contribution in [-0.4, -0.2) is 5.11 Å². The van der Waals surface area contributed by atoms with E-state index in [1.807, 2.05) is 19.1 Å². The Morgan fingerprint density at radius 1 is 0.889 bits per heavy atom. The third kappa shape index (κ3) is 4.84. The van der Waals surface area contributed by atoms with Crippen LogP contribution in [0.1, 0.15) is 60.8 Å². The van der Waals surface area contributed by atoms with E-state index in [0.717, 1.165) is 31.2 Å². The molecule has 1 nitrogen and oxygen atoms in total. The van der Waals surface area contributed by atoms with Gasteiger partial charge in [0.2, 0.25) is 0 Å². The Labute approximate surface area is 160 Å². The van der Waals surface area contributed by atoms with E-state index in [-0.39, 0.29) is 6.61 Å². The normalized spacial score (nSPS) is 19.4. The third-order valence-electron chi connectivity index (χ3n) is 5.60. The molecule has 1 N–H and O–H groups in total. The first-order valence-electron chi connectivity index (χ1n) is 9.96. The zero-order valence-corrected chi connectivity index (χ0v) is 15.9. The minimum Gasteiger partial charge on any atom is -0.392 e. The zero-order chi connectivity index (χ0) is 19.2. The monoisotopic (exact) mass is 370 g/mol. The number of allylic oxidation sites excluding steroid dienone is 2. The molecule has 0 fully saturated rings. The van der Waals surface area contributed by atoms with E-state index in [9.17, 15) is 8.78 Å². The van der Waals surface area contributed by atoms with Crippen LogP contribution >= 0.6 is 0 Å². The fraction of sp³-hybridized carbons (Fsp3) is 0.417. The number of aliphatic hydroxyl groups excluding tert-OH is 1. The maximum Gasteiger partial charge on any atom is 0.162 e. The molecule has 0 saturated heterocycles. The second-order valence-corrected chi connectivity index (χ2v) is 7.53. The van der Waals surface area contributed by atoms with Crippen molar-refractivity contribution >= 4 is 0 Å². The number of aryl methyl sites for hydroxylation is 2. The lowest BCUT2D eigenvalue weighted by atomic mass is 9.82. The number of hydrogen-bond acceptors (Lipinski definition) is 1. The highest BCUT2D eigenvalue weighted by atomic mass is 19.2. The average molecular weight is 370 g/mol. The molecule has 0 heterocycles. The van der Waals surface area contributed by atoms with Gasteiger partial charge in [0.1, 0.15) is 0 Å². The van der Waals surface area contributed by atoms with Crippen LogP contribution < -0.4 is 0 Å². The summed E-state index contributed by atoms with van der Waals surface area (Å²) < 4.78 is 28.4. The number of benzene rings is 2. The molecule has 0 aromatic heterocycles. The Hall–Kier alpha value is -2.00. The molecule has 0 saturated carbocycles. The van der Waals surface area contributed by atoms with Crippen LogP contribution in [0, 0.1) is 17.6 Å². The SMILES string of the molecule is CCCc1ccc(CCC2C=CC(c3ccc(CO)cc3)CC2)c(F)c1F. The van der Waals surface area contributed by atoms with Crippen molar-refractivity contribution in [2.75, 3.05) is 0 Å². The summed E-state index contributed by atoms with van der Waals surface area (Å²) in [5, 5.41) is 9.14. The van der Waals surface area contributed by atoms with Crippen molar-refractivity contribution in [3.05, 3.63) is 82.4 Å². The quantitative estimate of drug-likeness (QED) is 0.585. The van der Waals surface area contributed by atoms with Crippen LogP contribution in [-0.2, 0) is 19.4 Å². The number of hydrogen-bond donors (Lipinski definition) is 1. The molecule has 2 aromatic carbocycles. The maximum absolute atomic E-state index is 14.3. The largest absolute Gasteiger partial charge is 0.392 e. The first kappa shape index (κ1) is 19.8. The minimum atomic E-state index is -0.667. The second kappa shape index (κ2) is 9.27. The van der Waals surface area contributed by atoms with Crippen molar-refractivity contribution < 1.29 is 13.9 Å². The summed E-state index contributed by atoms with van der Waals surface area (Å²) in [5.41, 5.74) is 3.16. The van der Waals surface area contributed by atoms with E-state index >= 15 is 0 Å². The number of halogens is 2. The van der Waals surface area contributed by atoms with Crippen molar-refractivity contribution in [2.24, 2.45) is 5.92 Å². The predicted octanol–water partition coefficient (Wildman–Crippen LogP) is 6.09. The lowest BCUT2D eigenvalue weighted by Gasteiger charge is -2.23. The van der Waals surface area contributed by atoms with Crippen LogP contribution in [0.5, 0.6) is 0 Å². The summed E-state index contributed by atoms with van der Waals surface area (Å²) in [6.45, 7) is 2.04. The highest BCUT2D eigenvalue weighted by Gasteiger charge is 2.19. The molecule has 0 amide bonds. The molecule has 3 rings (SSSR count). The van der Waals surface area contributed by atoms with Gasteiger partial charge in [-0.2, -0.15) is 0 Å². The van der Waals surface area contributed by atoms with Gasteiger partial charge in [-0.05, 0) is 60.3 Å². The number of rotatable bonds is 7. The molecule has 1 aliphatic carbocycles. The summed E-state index contributed by atoms with van der Waals surface area (Å²) >= 11 is 0. The van der Waals surface area contributed by atoms with Gasteiger partial charge in [0.05, 0.1) is 6.61 Å². The summed E-state index contributed by atoms with van der Waals surface area (Å²) in [7, 11) is 0. The minimum absolute atomic E-state index is 0.0689. The Morgan fingerprint density at radius 3 is 2.11 bits per heavy atom. The average Bonchev–Trinajstić information content (AvgIpc) is 2.71. The fourth-order valence-corrected chi connectivity index (χ4v) is 3.89. The van der Waals surface area contributed by atoms with Gasteiger partial charge < -0.3 is 5.11 Å². The van der Waals surface area contributed by atoms with Gasteiger partial charge >= 0.3 is 0 Å². The molecule has 27 heavy (non-hydrogen) atoms. The molecular weight excluding hydrogens is 342 g/mol. The Balaban J connectivity index is 1.58. The Morgan fingerprint density at radius 2 is 1.56 bits per heavy atom. The number of aliphatic hydroxyl groups is 1. The smallest absolute Gasteiger partial charge is 0.162 e. The van der Waals surface area contributed by atoms with Crippen molar-refractivity contribution in [3.8, 4) is 0 Å². The van der Waals surface area contributed by atoms with E-state index in [1.54, 1.807) is 12.1 Å². The van der Waals surface area contributed by atoms with Crippen LogP contribution in [0.4, 0.5) is 8.78 Å². The van der Waals surface area contributed by atoms with E-state index < -0.39 is 11.6 Å². The third-order valence-corrected chi connectivity index (χ3v) is 5.60. The molecule has 1 aliphatic rings. The molecule has 2 atom stereocenters. The second-order valence-electron chi connectivity index (χ2n) is 7.53. The van der Waals surface area contributed by atoms with E-state index in [1.165, 1.54) is 5.56 Å². The molecule has 0 bridgehead atoms. The lowest BCUT2D eigenvalue weighted by Crippen LogP contribution is -2.09. The summed E-state index contributed by atoms with van der Waals surface area (Å²) in [6, 6.07) is 11.6. The molecule has 2 unspecified atom stereocenters. The molecule has 0 spiro atoms. The molecule has 144 valence electrons. The van der Waals surface area contributed by atoms with Crippen LogP contribution in [0.15, 0.2) is 48.6 Å². The van der Waals surface area contributed by atoms with Crippen LogP contribution in [0.25, 0.3) is 0 Å². The van der Waals surface area contributed by atoms with Crippen molar-refractivity contribution in [2.45, 2.75) is 58.0 Å². The van der Waals surface area contributed by atoms with E-state index in [0.29, 0.717) is 35.8 Å². The topological polar surface area (TPSA) is 20.2 Å². The first-order chi connectivity index (χ1) is 13.1. The van der Waals surface area contributed by atoms with Crippen LogP contribution in [0.2, 0.25) is 0 Å². The standard InChI is InChI=1S/C24H28F2O/c1-2-3-21-14-15-22(24(26)23(21)25)13-6-17-4-9-19(10-5-17)20-11-7-18(16-27)8-12-20/h4,7-9,11-12,14-15,17,19,27H,2-3,5-6,10,13,16H2,1H3. The van der Waals surface area contributed by atoms with E-state index in [4.69, 9.17) is 5.11 Å². The Kier molecular flexibility index (Phi) is 6.78. The summed E-state index contributed by atoms with van der Waals surface area (Å²) in [4.78, 5) is 0.